The SMILES string of the molecule is Cc1cc(C)c(NC(=O)C[NH+](C)CC(=O)N2CC(=O)Nc3ccccc32)c(C)c1. The molecule has 7 heteroatoms. The van der Waals surface area contributed by atoms with E-state index in [1.165, 1.54) is 4.90 Å². The Hall–Kier alpha value is -3.19. The van der Waals surface area contributed by atoms with E-state index in [9.17, 15) is 14.4 Å². The Labute approximate surface area is 170 Å². The maximum Gasteiger partial charge on any atom is 0.282 e. The van der Waals surface area contributed by atoms with Crippen LogP contribution in [-0.4, -0.2) is 44.4 Å². The summed E-state index contributed by atoms with van der Waals surface area (Å²) < 4.78 is 0. The van der Waals surface area contributed by atoms with Crippen molar-refractivity contribution >= 4 is 34.8 Å². The molecular weight excluding hydrogens is 368 g/mol. The van der Waals surface area contributed by atoms with Crippen molar-refractivity contribution < 1.29 is 19.3 Å². The van der Waals surface area contributed by atoms with E-state index in [-0.39, 0.29) is 37.4 Å². The molecular formula is C22H27N4O3+. The van der Waals surface area contributed by atoms with E-state index in [0.29, 0.717) is 11.4 Å². The number of anilines is 3. The predicted molar refractivity (Wildman–Crippen MR) is 113 cm³/mol. The molecule has 0 aromatic heterocycles. The Bertz CT molecular complexity index is 947. The van der Waals surface area contributed by atoms with Crippen LogP contribution in [0.25, 0.3) is 0 Å². The van der Waals surface area contributed by atoms with Crippen LogP contribution in [0.15, 0.2) is 36.4 Å². The van der Waals surface area contributed by atoms with Crippen LogP contribution in [0.3, 0.4) is 0 Å². The van der Waals surface area contributed by atoms with Crippen LogP contribution < -0.4 is 20.4 Å². The zero-order valence-corrected chi connectivity index (χ0v) is 17.3. The van der Waals surface area contributed by atoms with Gasteiger partial charge in [-0.05, 0) is 44.0 Å². The first-order chi connectivity index (χ1) is 13.7. The van der Waals surface area contributed by atoms with Crippen molar-refractivity contribution in [3.63, 3.8) is 0 Å². The lowest BCUT2D eigenvalue weighted by molar-refractivity contribution is -0.862. The molecule has 1 unspecified atom stereocenters. The standard InChI is InChI=1S/C22H26N4O3/c1-14-9-15(2)22(16(3)10-14)24-19(27)11-25(4)13-21(29)26-12-20(28)23-17-7-5-6-8-18(17)26/h5-10H,11-13H2,1-4H3,(H,23,28)(H,24,27)/p+1. The molecule has 2 aromatic carbocycles. The number of hydrogen-bond donors (Lipinski definition) is 3. The lowest BCUT2D eigenvalue weighted by Gasteiger charge is -2.29. The largest absolute Gasteiger partial charge is 0.323 e. The Morgan fingerprint density at radius 1 is 1.10 bits per heavy atom. The number of quaternary nitrogens is 1. The molecule has 1 aliphatic heterocycles. The Kier molecular flexibility index (Phi) is 5.98. The predicted octanol–water partition coefficient (Wildman–Crippen LogP) is 1.05. The first-order valence-corrected chi connectivity index (χ1v) is 9.63. The van der Waals surface area contributed by atoms with E-state index in [4.69, 9.17) is 0 Å². The highest BCUT2D eigenvalue weighted by molar-refractivity contribution is 6.10. The van der Waals surface area contributed by atoms with Gasteiger partial charge in [0.15, 0.2) is 13.1 Å². The second-order valence-corrected chi connectivity index (χ2v) is 7.68. The van der Waals surface area contributed by atoms with Crippen LogP contribution in [0.2, 0.25) is 0 Å². The van der Waals surface area contributed by atoms with Gasteiger partial charge in [-0.1, -0.05) is 29.8 Å². The van der Waals surface area contributed by atoms with Crippen LogP contribution in [0.4, 0.5) is 17.1 Å². The maximum atomic E-state index is 12.8. The topological polar surface area (TPSA) is 83.0 Å². The maximum absolute atomic E-state index is 12.8. The number of nitrogens with zero attached hydrogens (tertiary/aromatic N) is 1. The zero-order valence-electron chi connectivity index (χ0n) is 17.3. The molecule has 0 saturated carbocycles. The van der Waals surface area contributed by atoms with E-state index in [2.05, 4.69) is 10.6 Å². The molecule has 1 aliphatic rings. The third-order valence-electron chi connectivity index (χ3n) is 4.93. The van der Waals surface area contributed by atoms with Crippen LogP contribution >= 0.6 is 0 Å². The van der Waals surface area contributed by atoms with Crippen molar-refractivity contribution in [2.75, 3.05) is 42.2 Å². The number of carbonyl (C=O) groups excluding carboxylic acids is 3. The van der Waals surface area contributed by atoms with Gasteiger partial charge < -0.3 is 15.5 Å². The number of carbonyl (C=O) groups is 3. The summed E-state index contributed by atoms with van der Waals surface area (Å²) in [5.41, 5.74) is 5.30. The third kappa shape index (κ3) is 4.81. The minimum atomic E-state index is -0.224. The number of likely N-dealkylation sites (N-methyl/N-ethyl adjacent to an activating group) is 1. The van der Waals surface area contributed by atoms with E-state index >= 15 is 0 Å². The number of hydrogen-bond acceptors (Lipinski definition) is 3. The lowest BCUT2D eigenvalue weighted by Crippen LogP contribution is -3.11. The fraction of sp³-hybridized carbons (Fsp3) is 0.318. The van der Waals surface area contributed by atoms with Gasteiger partial charge in [0.2, 0.25) is 5.91 Å². The fourth-order valence-electron chi connectivity index (χ4n) is 3.71. The minimum absolute atomic E-state index is 0.0168. The number of rotatable bonds is 5. The van der Waals surface area contributed by atoms with Crippen molar-refractivity contribution in [1.82, 2.24) is 0 Å². The molecule has 7 nitrogen and oxygen atoms in total. The molecule has 1 atom stereocenters. The van der Waals surface area contributed by atoms with Gasteiger partial charge >= 0.3 is 0 Å². The van der Waals surface area contributed by atoms with Crippen LogP contribution in [0, 0.1) is 20.8 Å². The van der Waals surface area contributed by atoms with Gasteiger partial charge in [-0.2, -0.15) is 0 Å². The summed E-state index contributed by atoms with van der Waals surface area (Å²) in [6.45, 7) is 6.20. The normalized spacial score (nSPS) is 14.1. The average molecular weight is 395 g/mol. The highest BCUT2D eigenvalue weighted by Crippen LogP contribution is 2.28. The lowest BCUT2D eigenvalue weighted by atomic mass is 10.1. The Morgan fingerprint density at radius 3 is 2.45 bits per heavy atom. The Balaban J connectivity index is 1.62. The monoisotopic (exact) mass is 395 g/mol. The second kappa shape index (κ2) is 8.45. The number of benzene rings is 2. The van der Waals surface area contributed by atoms with E-state index in [0.717, 1.165) is 27.3 Å². The smallest absolute Gasteiger partial charge is 0.282 e. The van der Waals surface area contributed by atoms with Gasteiger partial charge in [-0.15, -0.1) is 0 Å². The summed E-state index contributed by atoms with van der Waals surface area (Å²) in [6.07, 6.45) is 0. The second-order valence-electron chi connectivity index (χ2n) is 7.68. The number of nitrogens with one attached hydrogen (secondary N) is 3. The van der Waals surface area contributed by atoms with Crippen molar-refractivity contribution in [2.45, 2.75) is 20.8 Å². The number of fused-ring (bicyclic) bond motifs is 1. The molecule has 3 N–H and O–H groups in total. The molecule has 0 radical (unpaired) electrons. The van der Waals surface area contributed by atoms with Crippen LogP contribution in [-0.2, 0) is 14.4 Å². The van der Waals surface area contributed by atoms with Crippen LogP contribution in [0.5, 0.6) is 0 Å². The molecule has 3 amide bonds. The van der Waals surface area contributed by atoms with Gasteiger partial charge in [-0.25, -0.2) is 0 Å². The molecule has 152 valence electrons. The average Bonchev–Trinajstić information content (AvgIpc) is 2.63. The number of aryl methyl sites for hydroxylation is 3. The van der Waals surface area contributed by atoms with Crippen molar-refractivity contribution in [3.8, 4) is 0 Å². The molecule has 0 spiro atoms. The first-order valence-electron chi connectivity index (χ1n) is 9.63. The fourth-order valence-corrected chi connectivity index (χ4v) is 3.71. The van der Waals surface area contributed by atoms with Crippen LogP contribution in [0.1, 0.15) is 16.7 Å². The summed E-state index contributed by atoms with van der Waals surface area (Å²) in [5.74, 6) is -0.569. The quantitative estimate of drug-likeness (QED) is 0.708. The molecule has 0 aliphatic carbocycles. The molecule has 2 aromatic rings. The van der Waals surface area contributed by atoms with Gasteiger partial charge in [-0.3, -0.25) is 19.3 Å². The van der Waals surface area contributed by atoms with Gasteiger partial charge in [0.05, 0.1) is 18.4 Å². The molecule has 3 rings (SSSR count). The van der Waals surface area contributed by atoms with Crippen molar-refractivity contribution in [1.29, 1.82) is 0 Å². The highest BCUT2D eigenvalue weighted by atomic mass is 16.2. The molecule has 0 saturated heterocycles. The molecule has 1 heterocycles. The van der Waals surface area contributed by atoms with Gasteiger partial charge in [0.25, 0.3) is 11.8 Å². The van der Waals surface area contributed by atoms with E-state index in [1.54, 1.807) is 19.2 Å². The van der Waals surface area contributed by atoms with Gasteiger partial charge in [0, 0.05) is 5.69 Å². The number of para-hydroxylation sites is 2. The summed E-state index contributed by atoms with van der Waals surface area (Å²) in [7, 11) is 1.79. The number of amides is 3. The van der Waals surface area contributed by atoms with E-state index in [1.807, 2.05) is 45.0 Å². The van der Waals surface area contributed by atoms with Crippen molar-refractivity contribution in [2.24, 2.45) is 0 Å². The van der Waals surface area contributed by atoms with E-state index < -0.39 is 0 Å². The minimum Gasteiger partial charge on any atom is -0.323 e. The molecule has 0 fully saturated rings. The summed E-state index contributed by atoms with van der Waals surface area (Å²) in [5, 5.41) is 5.73. The zero-order chi connectivity index (χ0) is 21.1. The summed E-state index contributed by atoms with van der Waals surface area (Å²) in [4.78, 5) is 39.4. The molecule has 29 heavy (non-hydrogen) atoms. The highest BCUT2D eigenvalue weighted by Gasteiger charge is 2.28. The third-order valence-corrected chi connectivity index (χ3v) is 4.93. The van der Waals surface area contributed by atoms with Crippen molar-refractivity contribution in [3.05, 3.63) is 53.1 Å². The first kappa shape index (κ1) is 20.5. The van der Waals surface area contributed by atoms with Gasteiger partial charge in [0.1, 0.15) is 6.54 Å². The summed E-state index contributed by atoms with van der Waals surface area (Å²) in [6, 6.07) is 11.3. The Morgan fingerprint density at radius 2 is 1.76 bits per heavy atom. The summed E-state index contributed by atoms with van der Waals surface area (Å²) >= 11 is 0. The molecule has 0 bridgehead atoms.